The van der Waals surface area contributed by atoms with Crippen molar-refractivity contribution in [2.75, 3.05) is 20.1 Å². The first-order chi connectivity index (χ1) is 7.27. The number of likely N-dealkylation sites (N-methyl/N-ethyl adjacent to an activating group) is 1. The predicted octanol–water partition coefficient (Wildman–Crippen LogP) is 1.21. The molecule has 0 saturated carbocycles. The van der Waals surface area contributed by atoms with E-state index in [0.29, 0.717) is 0 Å². The van der Waals surface area contributed by atoms with E-state index >= 15 is 0 Å². The average molecular weight is 207 g/mol. The molecule has 0 aromatic carbocycles. The zero-order valence-corrected chi connectivity index (χ0v) is 9.74. The minimum absolute atomic E-state index is 0.741. The summed E-state index contributed by atoms with van der Waals surface area (Å²) in [6.07, 6.45) is 4.79. The predicted molar refractivity (Wildman–Crippen MR) is 62.8 cm³/mol. The second kappa shape index (κ2) is 4.81. The Kier molecular flexibility index (Phi) is 3.44. The van der Waals surface area contributed by atoms with Crippen molar-refractivity contribution in [1.29, 1.82) is 0 Å². The molecule has 2 heterocycles. The van der Waals surface area contributed by atoms with Gasteiger partial charge in [0.25, 0.3) is 0 Å². The van der Waals surface area contributed by atoms with E-state index in [0.717, 1.165) is 19.1 Å². The molecule has 84 valence electrons. The Morgan fingerprint density at radius 1 is 1.47 bits per heavy atom. The van der Waals surface area contributed by atoms with Crippen LogP contribution >= 0.6 is 0 Å². The van der Waals surface area contributed by atoms with Crippen molar-refractivity contribution < 1.29 is 0 Å². The Hall–Kier alpha value is -0.800. The number of hydrogen-bond acceptors (Lipinski definition) is 2. The van der Waals surface area contributed by atoms with Crippen molar-refractivity contribution in [3.05, 3.63) is 24.0 Å². The number of nitrogens with one attached hydrogen (secondary N) is 1. The van der Waals surface area contributed by atoms with Crippen LogP contribution in [0.2, 0.25) is 0 Å². The number of hydrogen-bond donors (Lipinski definition) is 1. The molecule has 1 saturated heterocycles. The second-order valence-corrected chi connectivity index (χ2v) is 4.52. The zero-order valence-electron chi connectivity index (χ0n) is 9.74. The van der Waals surface area contributed by atoms with Crippen LogP contribution in [-0.2, 0) is 13.6 Å². The van der Waals surface area contributed by atoms with Gasteiger partial charge < -0.3 is 14.8 Å². The lowest BCUT2D eigenvalue weighted by molar-refractivity contribution is 0.299. The quantitative estimate of drug-likeness (QED) is 0.801. The number of aromatic nitrogens is 1. The summed E-state index contributed by atoms with van der Waals surface area (Å²) >= 11 is 0. The van der Waals surface area contributed by atoms with Gasteiger partial charge in [0.2, 0.25) is 0 Å². The van der Waals surface area contributed by atoms with Crippen LogP contribution in [0.4, 0.5) is 0 Å². The van der Waals surface area contributed by atoms with Gasteiger partial charge in [-0.2, -0.15) is 0 Å². The molecule has 1 unspecified atom stereocenters. The summed E-state index contributed by atoms with van der Waals surface area (Å²) in [6, 6.07) is 5.01. The van der Waals surface area contributed by atoms with E-state index in [1.165, 1.54) is 25.1 Å². The lowest BCUT2D eigenvalue weighted by atomic mass is 10.2. The van der Waals surface area contributed by atoms with Crippen LogP contribution in [0.25, 0.3) is 0 Å². The molecule has 1 atom stereocenters. The van der Waals surface area contributed by atoms with Crippen molar-refractivity contribution in [3.63, 3.8) is 0 Å². The Bertz CT molecular complexity index is 306. The maximum atomic E-state index is 3.54. The number of aryl methyl sites for hydroxylation is 1. The molecule has 0 aliphatic carbocycles. The molecule has 0 bridgehead atoms. The Labute approximate surface area is 92.1 Å². The van der Waals surface area contributed by atoms with Gasteiger partial charge in [0.05, 0.1) is 0 Å². The third kappa shape index (κ3) is 2.61. The van der Waals surface area contributed by atoms with Crippen molar-refractivity contribution in [1.82, 2.24) is 14.8 Å². The standard InChI is InChI=1S/C12H21N3/c1-14-7-3-5-11(14)9-13-10-12-6-4-8-15(12)2/h3,5,7,12-13H,4,6,8-10H2,1-2H3. The molecule has 0 amide bonds. The van der Waals surface area contributed by atoms with Crippen LogP contribution in [-0.4, -0.2) is 35.6 Å². The molecule has 2 rings (SSSR count). The fraction of sp³-hybridized carbons (Fsp3) is 0.667. The Morgan fingerprint density at radius 3 is 2.93 bits per heavy atom. The summed E-state index contributed by atoms with van der Waals surface area (Å²) in [5.41, 5.74) is 1.36. The highest BCUT2D eigenvalue weighted by atomic mass is 15.2. The number of nitrogens with zero attached hydrogens (tertiary/aromatic N) is 2. The van der Waals surface area contributed by atoms with Gasteiger partial charge in [0.15, 0.2) is 0 Å². The summed E-state index contributed by atoms with van der Waals surface area (Å²) in [6.45, 7) is 3.35. The lowest BCUT2D eigenvalue weighted by Gasteiger charge is -2.19. The monoisotopic (exact) mass is 207 g/mol. The highest BCUT2D eigenvalue weighted by molar-refractivity contribution is 5.06. The molecule has 1 aromatic heterocycles. The van der Waals surface area contributed by atoms with E-state index in [-0.39, 0.29) is 0 Å². The molecular formula is C12H21N3. The first-order valence-corrected chi connectivity index (χ1v) is 5.78. The lowest BCUT2D eigenvalue weighted by Crippen LogP contribution is -2.35. The molecule has 0 radical (unpaired) electrons. The van der Waals surface area contributed by atoms with Crippen molar-refractivity contribution >= 4 is 0 Å². The fourth-order valence-corrected chi connectivity index (χ4v) is 2.28. The van der Waals surface area contributed by atoms with Crippen molar-refractivity contribution in [3.8, 4) is 0 Å². The van der Waals surface area contributed by atoms with E-state index in [9.17, 15) is 0 Å². The van der Waals surface area contributed by atoms with Crippen molar-refractivity contribution in [2.45, 2.75) is 25.4 Å². The number of likely N-dealkylation sites (tertiary alicyclic amines) is 1. The van der Waals surface area contributed by atoms with Crippen LogP contribution in [0.15, 0.2) is 18.3 Å². The Balaban J connectivity index is 1.73. The van der Waals surface area contributed by atoms with Crippen LogP contribution < -0.4 is 5.32 Å². The van der Waals surface area contributed by atoms with Crippen LogP contribution in [0, 0.1) is 0 Å². The number of rotatable bonds is 4. The van der Waals surface area contributed by atoms with E-state index in [1.54, 1.807) is 0 Å². The van der Waals surface area contributed by atoms with Gasteiger partial charge in [-0.05, 0) is 38.6 Å². The van der Waals surface area contributed by atoms with Gasteiger partial charge in [-0.15, -0.1) is 0 Å². The molecule has 0 spiro atoms. The first-order valence-electron chi connectivity index (χ1n) is 5.78. The van der Waals surface area contributed by atoms with Gasteiger partial charge in [-0.3, -0.25) is 0 Å². The van der Waals surface area contributed by atoms with Gasteiger partial charge in [0, 0.05) is 38.1 Å². The molecule has 1 aromatic rings. The van der Waals surface area contributed by atoms with Crippen LogP contribution in [0.3, 0.4) is 0 Å². The third-order valence-corrected chi connectivity index (χ3v) is 3.41. The molecule has 1 fully saturated rings. The first kappa shape index (κ1) is 10.7. The van der Waals surface area contributed by atoms with E-state index in [4.69, 9.17) is 0 Å². The zero-order chi connectivity index (χ0) is 10.7. The molecule has 1 aliphatic rings. The van der Waals surface area contributed by atoms with Crippen LogP contribution in [0.5, 0.6) is 0 Å². The Morgan fingerprint density at radius 2 is 2.33 bits per heavy atom. The topological polar surface area (TPSA) is 20.2 Å². The summed E-state index contributed by atoms with van der Waals surface area (Å²) < 4.78 is 2.17. The van der Waals surface area contributed by atoms with Gasteiger partial charge in [-0.25, -0.2) is 0 Å². The van der Waals surface area contributed by atoms with E-state index < -0.39 is 0 Å². The molecule has 3 heteroatoms. The maximum Gasteiger partial charge on any atom is 0.0359 e. The minimum atomic E-state index is 0.741. The summed E-state index contributed by atoms with van der Waals surface area (Å²) in [7, 11) is 4.32. The van der Waals surface area contributed by atoms with Gasteiger partial charge in [-0.1, -0.05) is 0 Å². The maximum absolute atomic E-state index is 3.54. The van der Waals surface area contributed by atoms with E-state index in [2.05, 4.69) is 47.2 Å². The summed E-state index contributed by atoms with van der Waals surface area (Å²) in [5, 5.41) is 3.54. The highest BCUT2D eigenvalue weighted by Crippen LogP contribution is 2.13. The highest BCUT2D eigenvalue weighted by Gasteiger charge is 2.19. The normalized spacial score (nSPS) is 22.4. The third-order valence-electron chi connectivity index (χ3n) is 3.41. The SMILES string of the molecule is CN1CCCC1CNCc1cccn1C. The molecular weight excluding hydrogens is 186 g/mol. The largest absolute Gasteiger partial charge is 0.353 e. The molecule has 1 aliphatic heterocycles. The minimum Gasteiger partial charge on any atom is -0.353 e. The van der Waals surface area contributed by atoms with Crippen molar-refractivity contribution in [2.24, 2.45) is 7.05 Å². The summed E-state index contributed by atoms with van der Waals surface area (Å²) in [5.74, 6) is 0. The van der Waals surface area contributed by atoms with Gasteiger partial charge >= 0.3 is 0 Å². The molecule has 15 heavy (non-hydrogen) atoms. The van der Waals surface area contributed by atoms with Gasteiger partial charge in [0.1, 0.15) is 0 Å². The summed E-state index contributed by atoms with van der Waals surface area (Å²) in [4.78, 5) is 2.46. The fourth-order valence-electron chi connectivity index (χ4n) is 2.28. The van der Waals surface area contributed by atoms with E-state index in [1.807, 2.05) is 0 Å². The average Bonchev–Trinajstić information content (AvgIpc) is 2.78. The van der Waals surface area contributed by atoms with Crippen LogP contribution in [0.1, 0.15) is 18.5 Å². The second-order valence-electron chi connectivity index (χ2n) is 4.52. The molecule has 3 nitrogen and oxygen atoms in total. The molecule has 1 N–H and O–H groups in total. The smallest absolute Gasteiger partial charge is 0.0359 e.